The van der Waals surface area contributed by atoms with Gasteiger partial charge in [-0.2, -0.15) is 0 Å². The van der Waals surface area contributed by atoms with Crippen LogP contribution in [0.2, 0.25) is 15.1 Å². The number of aryl methyl sites for hydroxylation is 1. The van der Waals surface area contributed by atoms with Crippen molar-refractivity contribution < 1.29 is 23.9 Å². The molecule has 3 aromatic rings. The molecule has 4 N–H and O–H groups in total. The number of carbonyl (C=O) groups excluding carboxylic acids is 4. The summed E-state index contributed by atoms with van der Waals surface area (Å²) in [5.74, 6) is -1.97. The topological polar surface area (TPSA) is 126 Å². The molecule has 1 aliphatic carbocycles. The highest BCUT2D eigenvalue weighted by Crippen LogP contribution is 2.33. The molecule has 9 nitrogen and oxygen atoms in total. The maximum absolute atomic E-state index is 13.5. The van der Waals surface area contributed by atoms with Crippen molar-refractivity contribution in [2.75, 3.05) is 18.5 Å². The number of halogens is 3. The molecule has 4 amide bonds. The van der Waals surface area contributed by atoms with Crippen molar-refractivity contribution in [1.82, 2.24) is 16.0 Å². The standard InChI is InChI=1S/C31H31Cl3N4O5/c1-3-43-29(41)31(2,17-35-30(42)37-23-13-11-19-8-4-5-10-21(19)23)38-28(40)26-22(33)12-14-24(27(26)34)36-25(39)16-18-7-6-9-20(32)15-18/h4-10,12,14-15,23H,3,11,13,16-17H2,1-2H3,(H,36,39)(H,38,40)(H2,35,37,42)/t23-,31-/m1/s1. The minimum Gasteiger partial charge on any atom is -0.464 e. The first kappa shape index (κ1) is 32.1. The van der Waals surface area contributed by atoms with Crippen molar-refractivity contribution in [3.8, 4) is 0 Å². The second kappa shape index (κ2) is 14.1. The highest BCUT2D eigenvalue weighted by atomic mass is 35.5. The summed E-state index contributed by atoms with van der Waals surface area (Å²) in [4.78, 5) is 52.0. The number of nitrogens with one attached hydrogen (secondary N) is 4. The molecule has 226 valence electrons. The third-order valence-corrected chi connectivity index (χ3v) is 7.94. The quantitative estimate of drug-likeness (QED) is 0.205. The van der Waals surface area contributed by atoms with E-state index in [-0.39, 0.29) is 46.9 Å². The van der Waals surface area contributed by atoms with Crippen LogP contribution in [0.5, 0.6) is 0 Å². The number of benzene rings is 3. The lowest BCUT2D eigenvalue weighted by Crippen LogP contribution is -2.60. The monoisotopic (exact) mass is 644 g/mol. The number of hydrogen-bond acceptors (Lipinski definition) is 5. The van der Waals surface area contributed by atoms with Gasteiger partial charge in [-0.05, 0) is 67.6 Å². The molecule has 0 radical (unpaired) electrons. The van der Waals surface area contributed by atoms with E-state index in [1.54, 1.807) is 31.2 Å². The molecule has 1 aliphatic rings. The molecule has 0 bridgehead atoms. The predicted molar refractivity (Wildman–Crippen MR) is 167 cm³/mol. The molecule has 0 aromatic heterocycles. The lowest BCUT2D eigenvalue weighted by molar-refractivity contribution is -0.149. The third-order valence-electron chi connectivity index (χ3n) is 7.00. The molecule has 0 aliphatic heterocycles. The summed E-state index contributed by atoms with van der Waals surface area (Å²) in [5.41, 5.74) is 1.21. The van der Waals surface area contributed by atoms with E-state index < -0.39 is 29.4 Å². The zero-order valence-corrected chi connectivity index (χ0v) is 25.8. The van der Waals surface area contributed by atoms with Gasteiger partial charge in [0.1, 0.15) is 0 Å². The van der Waals surface area contributed by atoms with Gasteiger partial charge in [-0.1, -0.05) is 71.2 Å². The van der Waals surface area contributed by atoms with Gasteiger partial charge < -0.3 is 26.0 Å². The zero-order chi connectivity index (χ0) is 31.1. The number of carbonyl (C=O) groups is 4. The van der Waals surface area contributed by atoms with E-state index in [0.717, 1.165) is 18.4 Å². The van der Waals surface area contributed by atoms with Crippen molar-refractivity contribution in [2.45, 2.75) is 44.7 Å². The van der Waals surface area contributed by atoms with Gasteiger partial charge in [-0.15, -0.1) is 0 Å². The lowest BCUT2D eigenvalue weighted by atomic mass is 10.0. The number of amides is 4. The van der Waals surface area contributed by atoms with E-state index in [0.29, 0.717) is 10.6 Å². The summed E-state index contributed by atoms with van der Waals surface area (Å²) in [6, 6.07) is 16.9. The predicted octanol–water partition coefficient (Wildman–Crippen LogP) is 5.87. The van der Waals surface area contributed by atoms with Crippen molar-refractivity contribution in [3.05, 3.63) is 98.0 Å². The van der Waals surface area contributed by atoms with Gasteiger partial charge in [-0.3, -0.25) is 9.59 Å². The van der Waals surface area contributed by atoms with Gasteiger partial charge in [0.2, 0.25) is 5.91 Å². The largest absolute Gasteiger partial charge is 0.464 e. The highest BCUT2D eigenvalue weighted by Gasteiger charge is 2.38. The Kier molecular flexibility index (Phi) is 10.6. The van der Waals surface area contributed by atoms with E-state index in [1.165, 1.54) is 24.6 Å². The number of rotatable bonds is 10. The first-order valence-corrected chi connectivity index (χ1v) is 14.8. The maximum Gasteiger partial charge on any atom is 0.333 e. The molecule has 43 heavy (non-hydrogen) atoms. The summed E-state index contributed by atoms with van der Waals surface area (Å²) in [6.07, 6.45) is 1.61. The van der Waals surface area contributed by atoms with Crippen molar-refractivity contribution >= 4 is 64.3 Å². The molecule has 0 fully saturated rings. The highest BCUT2D eigenvalue weighted by molar-refractivity contribution is 6.41. The van der Waals surface area contributed by atoms with Crippen LogP contribution >= 0.6 is 34.8 Å². The minimum absolute atomic E-state index is 0.00727. The Balaban J connectivity index is 1.46. The van der Waals surface area contributed by atoms with Crippen LogP contribution < -0.4 is 21.3 Å². The summed E-state index contributed by atoms with van der Waals surface area (Å²) in [7, 11) is 0. The van der Waals surface area contributed by atoms with Crippen LogP contribution in [0.15, 0.2) is 60.7 Å². The molecule has 2 atom stereocenters. The normalized spacial score (nSPS) is 15.0. The first-order valence-electron chi connectivity index (χ1n) is 13.6. The Morgan fingerprint density at radius 1 is 1.00 bits per heavy atom. The average molecular weight is 646 g/mol. The van der Waals surface area contributed by atoms with E-state index in [9.17, 15) is 19.2 Å². The average Bonchev–Trinajstić information content (AvgIpc) is 3.36. The molecule has 0 heterocycles. The van der Waals surface area contributed by atoms with Crippen LogP contribution in [-0.2, 0) is 27.2 Å². The number of esters is 1. The first-order chi connectivity index (χ1) is 20.5. The second-order valence-corrected chi connectivity index (χ2v) is 11.5. The van der Waals surface area contributed by atoms with Gasteiger partial charge in [0, 0.05) is 5.02 Å². The van der Waals surface area contributed by atoms with E-state index >= 15 is 0 Å². The zero-order valence-electron chi connectivity index (χ0n) is 23.6. The number of hydrogen-bond donors (Lipinski definition) is 4. The maximum atomic E-state index is 13.5. The van der Waals surface area contributed by atoms with Gasteiger partial charge in [0.15, 0.2) is 5.54 Å². The fourth-order valence-corrected chi connectivity index (χ4v) is 5.63. The molecule has 0 saturated carbocycles. The van der Waals surface area contributed by atoms with Crippen LogP contribution in [0.3, 0.4) is 0 Å². The van der Waals surface area contributed by atoms with Crippen LogP contribution in [0.4, 0.5) is 10.5 Å². The van der Waals surface area contributed by atoms with Crippen LogP contribution in [0, 0.1) is 0 Å². The van der Waals surface area contributed by atoms with E-state index in [2.05, 4.69) is 21.3 Å². The second-order valence-electron chi connectivity index (χ2n) is 10.3. The van der Waals surface area contributed by atoms with Crippen molar-refractivity contribution in [1.29, 1.82) is 0 Å². The molecule has 0 saturated heterocycles. The molecular weight excluding hydrogens is 615 g/mol. The van der Waals surface area contributed by atoms with Crippen LogP contribution in [0.1, 0.15) is 53.4 Å². The number of anilines is 1. The Morgan fingerprint density at radius 3 is 2.51 bits per heavy atom. The fraction of sp³-hybridized carbons (Fsp3) is 0.290. The minimum atomic E-state index is -1.68. The number of fused-ring (bicyclic) bond motifs is 1. The molecule has 12 heteroatoms. The molecule has 4 rings (SSSR count). The fourth-order valence-electron chi connectivity index (χ4n) is 4.83. The number of urea groups is 1. The molecular formula is C31H31Cl3N4O5. The molecule has 0 spiro atoms. The number of ether oxygens (including phenoxy) is 1. The summed E-state index contributed by atoms with van der Waals surface area (Å²) < 4.78 is 5.20. The van der Waals surface area contributed by atoms with Gasteiger partial charge in [-0.25, -0.2) is 9.59 Å². The Bertz CT molecular complexity index is 1550. The Hall–Kier alpha value is -3.79. The van der Waals surface area contributed by atoms with Crippen LogP contribution in [-0.4, -0.2) is 42.5 Å². The molecule has 3 aromatic carbocycles. The SMILES string of the molecule is CCOC(=O)[C@@](C)(CNC(=O)N[C@@H]1CCc2ccccc21)NC(=O)c1c(Cl)ccc(NC(=O)Cc2cccc(Cl)c2)c1Cl. The van der Waals surface area contributed by atoms with E-state index in [4.69, 9.17) is 39.5 Å². The smallest absolute Gasteiger partial charge is 0.333 e. The molecule has 0 unspecified atom stereocenters. The van der Waals surface area contributed by atoms with Crippen molar-refractivity contribution in [2.24, 2.45) is 0 Å². The lowest BCUT2D eigenvalue weighted by Gasteiger charge is -2.29. The summed E-state index contributed by atoms with van der Waals surface area (Å²) >= 11 is 18.9. The van der Waals surface area contributed by atoms with Gasteiger partial charge in [0.05, 0.1) is 46.9 Å². The third kappa shape index (κ3) is 7.98. The summed E-state index contributed by atoms with van der Waals surface area (Å²) in [5, 5.41) is 11.3. The summed E-state index contributed by atoms with van der Waals surface area (Å²) in [6.45, 7) is 2.81. The Labute approximate surface area is 264 Å². The van der Waals surface area contributed by atoms with Gasteiger partial charge >= 0.3 is 12.0 Å². The van der Waals surface area contributed by atoms with Crippen LogP contribution in [0.25, 0.3) is 0 Å². The van der Waals surface area contributed by atoms with Crippen molar-refractivity contribution in [3.63, 3.8) is 0 Å². The van der Waals surface area contributed by atoms with E-state index in [1.807, 2.05) is 24.3 Å². The van der Waals surface area contributed by atoms with Gasteiger partial charge in [0.25, 0.3) is 5.91 Å². The Morgan fingerprint density at radius 2 is 1.77 bits per heavy atom.